The molecular formula is C21H24FN3O2. The van der Waals surface area contributed by atoms with Crippen molar-refractivity contribution >= 4 is 11.8 Å². The second kappa shape index (κ2) is 8.75. The molecule has 3 rings (SSSR count). The van der Waals surface area contributed by atoms with Crippen molar-refractivity contribution in [1.82, 2.24) is 15.2 Å². The first-order valence-electron chi connectivity index (χ1n) is 9.23. The molecular weight excluding hydrogens is 345 g/mol. The molecule has 1 aromatic heterocycles. The summed E-state index contributed by atoms with van der Waals surface area (Å²) in [6.07, 6.45) is 3.32. The van der Waals surface area contributed by atoms with Crippen LogP contribution in [0.4, 0.5) is 4.39 Å². The number of piperidine rings is 1. The van der Waals surface area contributed by atoms with Crippen molar-refractivity contribution in [1.29, 1.82) is 0 Å². The van der Waals surface area contributed by atoms with Gasteiger partial charge in [0.1, 0.15) is 5.82 Å². The second-order valence-electron chi connectivity index (χ2n) is 6.95. The Morgan fingerprint density at radius 1 is 1.33 bits per heavy atom. The van der Waals surface area contributed by atoms with Crippen LogP contribution < -0.4 is 5.32 Å². The highest BCUT2D eigenvalue weighted by atomic mass is 19.1. The summed E-state index contributed by atoms with van der Waals surface area (Å²) in [4.78, 5) is 30.7. The summed E-state index contributed by atoms with van der Waals surface area (Å²) in [6, 6.07) is 10.1. The fourth-order valence-electron chi connectivity index (χ4n) is 3.37. The SMILES string of the molecule is Cc1cccnc1CCNC(=O)[C@@H]1CCC(=O)N(Cc2cccc(F)c2)C1. The third kappa shape index (κ3) is 5.12. The van der Waals surface area contributed by atoms with E-state index >= 15 is 0 Å². The van der Waals surface area contributed by atoms with Gasteiger partial charge in [0.2, 0.25) is 11.8 Å². The van der Waals surface area contributed by atoms with E-state index < -0.39 is 0 Å². The molecule has 1 N–H and O–H groups in total. The predicted octanol–water partition coefficient (Wildman–Crippen LogP) is 2.63. The third-order valence-corrected chi connectivity index (χ3v) is 4.91. The van der Waals surface area contributed by atoms with Gasteiger partial charge in [-0.1, -0.05) is 18.2 Å². The topological polar surface area (TPSA) is 62.3 Å². The van der Waals surface area contributed by atoms with Crippen LogP contribution in [0.15, 0.2) is 42.6 Å². The minimum atomic E-state index is -0.323. The number of halogens is 1. The van der Waals surface area contributed by atoms with Crippen LogP contribution >= 0.6 is 0 Å². The molecule has 5 nitrogen and oxygen atoms in total. The number of nitrogens with one attached hydrogen (secondary N) is 1. The van der Waals surface area contributed by atoms with E-state index in [0.29, 0.717) is 38.9 Å². The van der Waals surface area contributed by atoms with E-state index in [2.05, 4.69) is 10.3 Å². The maximum absolute atomic E-state index is 13.4. The lowest BCUT2D eigenvalue weighted by molar-refractivity contribution is -0.138. The van der Waals surface area contributed by atoms with Crippen LogP contribution in [0.25, 0.3) is 0 Å². The standard InChI is InChI=1S/C21H24FN3O2/c1-15-4-3-10-23-19(15)9-11-24-21(27)17-7-8-20(26)25(14-17)13-16-5-2-6-18(22)12-16/h2-6,10,12,17H,7-9,11,13-14H2,1H3,(H,24,27)/t17-/m1/s1. The van der Waals surface area contributed by atoms with Crippen molar-refractivity contribution in [3.05, 3.63) is 65.2 Å². The number of benzene rings is 1. The number of carbonyl (C=O) groups excluding carboxylic acids is 2. The molecule has 0 aliphatic carbocycles. The number of amides is 2. The Morgan fingerprint density at radius 3 is 2.96 bits per heavy atom. The molecule has 0 spiro atoms. The number of nitrogens with zero attached hydrogens (tertiary/aromatic N) is 2. The Balaban J connectivity index is 1.52. The normalized spacial score (nSPS) is 17.0. The molecule has 1 aromatic carbocycles. The van der Waals surface area contributed by atoms with Gasteiger partial charge in [0.25, 0.3) is 0 Å². The minimum Gasteiger partial charge on any atom is -0.355 e. The average molecular weight is 369 g/mol. The van der Waals surface area contributed by atoms with Crippen molar-refractivity contribution < 1.29 is 14.0 Å². The van der Waals surface area contributed by atoms with Crippen LogP contribution in [0.5, 0.6) is 0 Å². The van der Waals surface area contributed by atoms with E-state index in [0.717, 1.165) is 16.8 Å². The summed E-state index contributed by atoms with van der Waals surface area (Å²) < 4.78 is 13.4. The van der Waals surface area contributed by atoms with Crippen LogP contribution in [-0.2, 0) is 22.6 Å². The van der Waals surface area contributed by atoms with Gasteiger partial charge in [-0.2, -0.15) is 0 Å². The first-order chi connectivity index (χ1) is 13.0. The first kappa shape index (κ1) is 19.0. The van der Waals surface area contributed by atoms with E-state index in [4.69, 9.17) is 0 Å². The van der Waals surface area contributed by atoms with Gasteiger partial charge in [-0.15, -0.1) is 0 Å². The lowest BCUT2D eigenvalue weighted by Crippen LogP contribution is -2.45. The minimum absolute atomic E-state index is 0.00687. The lowest BCUT2D eigenvalue weighted by Gasteiger charge is -2.32. The fourth-order valence-corrected chi connectivity index (χ4v) is 3.37. The molecule has 0 saturated carbocycles. The van der Waals surface area contributed by atoms with Crippen LogP contribution in [-0.4, -0.2) is 34.8 Å². The summed E-state index contributed by atoms with van der Waals surface area (Å²) in [5, 5.41) is 2.96. The predicted molar refractivity (Wildman–Crippen MR) is 100 cm³/mol. The van der Waals surface area contributed by atoms with Crippen molar-refractivity contribution in [2.75, 3.05) is 13.1 Å². The Kier molecular flexibility index (Phi) is 6.16. The molecule has 2 heterocycles. The van der Waals surface area contributed by atoms with E-state index in [1.54, 1.807) is 23.2 Å². The zero-order chi connectivity index (χ0) is 19.2. The van der Waals surface area contributed by atoms with Crippen LogP contribution in [0.2, 0.25) is 0 Å². The summed E-state index contributed by atoms with van der Waals surface area (Å²) in [5.41, 5.74) is 2.82. The molecule has 0 radical (unpaired) electrons. The number of hydrogen-bond donors (Lipinski definition) is 1. The zero-order valence-corrected chi connectivity index (χ0v) is 15.5. The van der Waals surface area contributed by atoms with Gasteiger partial charge in [-0.05, 0) is 42.7 Å². The lowest BCUT2D eigenvalue weighted by atomic mass is 9.96. The molecule has 2 aromatic rings. The Hall–Kier alpha value is -2.76. The van der Waals surface area contributed by atoms with Gasteiger partial charge >= 0.3 is 0 Å². The van der Waals surface area contributed by atoms with Crippen LogP contribution in [0.3, 0.4) is 0 Å². The van der Waals surface area contributed by atoms with Crippen molar-refractivity contribution in [2.24, 2.45) is 5.92 Å². The van der Waals surface area contributed by atoms with E-state index in [1.165, 1.54) is 12.1 Å². The highest BCUT2D eigenvalue weighted by molar-refractivity contribution is 5.83. The van der Waals surface area contributed by atoms with Crippen molar-refractivity contribution in [3.63, 3.8) is 0 Å². The number of likely N-dealkylation sites (tertiary alicyclic amines) is 1. The molecule has 1 atom stereocenters. The maximum Gasteiger partial charge on any atom is 0.224 e. The Labute approximate surface area is 158 Å². The molecule has 1 saturated heterocycles. The van der Waals surface area contributed by atoms with Gasteiger partial charge in [-0.25, -0.2) is 4.39 Å². The van der Waals surface area contributed by atoms with Gasteiger partial charge in [-0.3, -0.25) is 14.6 Å². The van der Waals surface area contributed by atoms with E-state index in [-0.39, 0.29) is 23.5 Å². The maximum atomic E-state index is 13.4. The number of aryl methyl sites for hydroxylation is 1. The Bertz CT molecular complexity index is 825. The summed E-state index contributed by atoms with van der Waals surface area (Å²) in [7, 11) is 0. The van der Waals surface area contributed by atoms with E-state index in [1.807, 2.05) is 19.1 Å². The number of aromatic nitrogens is 1. The number of rotatable bonds is 6. The summed E-state index contributed by atoms with van der Waals surface area (Å²) in [5.74, 6) is -0.593. The quantitative estimate of drug-likeness (QED) is 0.851. The molecule has 0 unspecified atom stereocenters. The zero-order valence-electron chi connectivity index (χ0n) is 15.5. The highest BCUT2D eigenvalue weighted by Crippen LogP contribution is 2.20. The summed E-state index contributed by atoms with van der Waals surface area (Å²) >= 11 is 0. The van der Waals surface area contributed by atoms with Gasteiger partial charge in [0, 0.05) is 44.4 Å². The fraction of sp³-hybridized carbons (Fsp3) is 0.381. The van der Waals surface area contributed by atoms with Crippen LogP contribution in [0, 0.1) is 18.7 Å². The third-order valence-electron chi connectivity index (χ3n) is 4.91. The molecule has 2 amide bonds. The Morgan fingerprint density at radius 2 is 2.19 bits per heavy atom. The summed E-state index contributed by atoms with van der Waals surface area (Å²) in [6.45, 7) is 3.21. The largest absolute Gasteiger partial charge is 0.355 e. The molecule has 27 heavy (non-hydrogen) atoms. The smallest absolute Gasteiger partial charge is 0.224 e. The second-order valence-corrected chi connectivity index (χ2v) is 6.95. The monoisotopic (exact) mass is 369 g/mol. The molecule has 142 valence electrons. The molecule has 1 aliphatic rings. The number of carbonyl (C=O) groups is 2. The van der Waals surface area contributed by atoms with Crippen molar-refractivity contribution in [2.45, 2.75) is 32.7 Å². The van der Waals surface area contributed by atoms with Gasteiger partial charge < -0.3 is 10.2 Å². The molecule has 0 bridgehead atoms. The number of hydrogen-bond acceptors (Lipinski definition) is 3. The van der Waals surface area contributed by atoms with E-state index in [9.17, 15) is 14.0 Å². The number of pyridine rings is 1. The molecule has 1 fully saturated rings. The van der Waals surface area contributed by atoms with Crippen LogP contribution in [0.1, 0.15) is 29.7 Å². The highest BCUT2D eigenvalue weighted by Gasteiger charge is 2.30. The van der Waals surface area contributed by atoms with Gasteiger partial charge in [0.15, 0.2) is 0 Å². The molecule has 1 aliphatic heterocycles. The first-order valence-corrected chi connectivity index (χ1v) is 9.23. The van der Waals surface area contributed by atoms with Gasteiger partial charge in [0.05, 0.1) is 5.92 Å². The van der Waals surface area contributed by atoms with Crippen molar-refractivity contribution in [3.8, 4) is 0 Å². The average Bonchev–Trinajstić information content (AvgIpc) is 2.65. The molecule has 6 heteroatoms.